The maximum Gasteiger partial charge on any atom is -0.000455 e. The van der Waals surface area contributed by atoms with E-state index in [9.17, 15) is 0 Å². The molecule has 11 heavy (non-hydrogen) atoms. The summed E-state index contributed by atoms with van der Waals surface area (Å²) in [7, 11) is 0. The number of hydrogen-bond donors (Lipinski definition) is 0. The second-order valence-electron chi connectivity index (χ2n) is 3.09. The van der Waals surface area contributed by atoms with Gasteiger partial charge in [-0.05, 0) is 23.5 Å². The number of hydrogen-bond acceptors (Lipinski definition) is 0. The van der Waals surface area contributed by atoms with Crippen LogP contribution in [0.2, 0.25) is 0 Å². The predicted molar refractivity (Wildman–Crippen MR) is 48.2 cm³/mol. The number of allylic oxidation sites excluding steroid dienone is 8. The zero-order valence-corrected chi connectivity index (χ0v) is 6.75. The Hall–Kier alpha value is -1.04. The molecule has 1 atom stereocenters. The molecule has 56 valence electrons. The minimum absolute atomic E-state index is 0.596. The lowest BCUT2D eigenvalue weighted by Gasteiger charge is -2.07. The first-order valence-electron chi connectivity index (χ1n) is 4.13. The van der Waals surface area contributed by atoms with Crippen LogP contribution in [-0.2, 0) is 0 Å². The molecule has 0 bridgehead atoms. The van der Waals surface area contributed by atoms with Crippen LogP contribution in [0.3, 0.4) is 0 Å². The van der Waals surface area contributed by atoms with E-state index >= 15 is 0 Å². The van der Waals surface area contributed by atoms with Crippen LogP contribution in [0.25, 0.3) is 0 Å². The molecule has 0 saturated carbocycles. The fraction of sp³-hybridized carbons (Fsp3) is 0.273. The van der Waals surface area contributed by atoms with Gasteiger partial charge < -0.3 is 0 Å². The molecule has 0 aromatic rings. The van der Waals surface area contributed by atoms with Crippen molar-refractivity contribution in [1.29, 1.82) is 0 Å². The van der Waals surface area contributed by atoms with Gasteiger partial charge in [0.1, 0.15) is 0 Å². The van der Waals surface area contributed by atoms with Crippen molar-refractivity contribution < 1.29 is 0 Å². The van der Waals surface area contributed by atoms with E-state index in [-0.39, 0.29) is 0 Å². The van der Waals surface area contributed by atoms with Gasteiger partial charge in [0, 0.05) is 0 Å². The Balaban J connectivity index is 2.41. The Bertz CT molecular complexity index is 274. The largest absolute Gasteiger partial charge is 0.0773 e. The minimum Gasteiger partial charge on any atom is -0.0773 e. The van der Waals surface area contributed by atoms with Crippen LogP contribution in [0.4, 0.5) is 0 Å². The molecule has 0 heterocycles. The summed E-state index contributed by atoms with van der Waals surface area (Å²) in [6.45, 7) is 2.24. The Labute approximate surface area is 67.6 Å². The van der Waals surface area contributed by atoms with Gasteiger partial charge in [0.25, 0.3) is 0 Å². The first-order valence-corrected chi connectivity index (χ1v) is 4.13. The highest BCUT2D eigenvalue weighted by Crippen LogP contribution is 2.29. The van der Waals surface area contributed by atoms with Gasteiger partial charge in [-0.15, -0.1) is 0 Å². The maximum absolute atomic E-state index is 2.32. The van der Waals surface area contributed by atoms with Gasteiger partial charge in [0.05, 0.1) is 0 Å². The van der Waals surface area contributed by atoms with Gasteiger partial charge in [-0.2, -0.15) is 0 Å². The lowest BCUT2D eigenvalue weighted by Crippen LogP contribution is -1.93. The molecule has 0 heteroatoms. The summed E-state index contributed by atoms with van der Waals surface area (Å²) in [4.78, 5) is 0. The molecule has 0 aromatic carbocycles. The van der Waals surface area contributed by atoms with Crippen molar-refractivity contribution in [2.75, 3.05) is 0 Å². The maximum atomic E-state index is 2.32. The molecule has 0 radical (unpaired) electrons. The zero-order chi connectivity index (χ0) is 7.68. The quantitative estimate of drug-likeness (QED) is 0.490. The highest BCUT2D eigenvalue weighted by atomic mass is 14.2. The van der Waals surface area contributed by atoms with Gasteiger partial charge in [0.2, 0.25) is 0 Å². The van der Waals surface area contributed by atoms with E-state index in [2.05, 4.69) is 43.4 Å². The van der Waals surface area contributed by atoms with Gasteiger partial charge in [-0.3, -0.25) is 0 Å². The monoisotopic (exact) mass is 144 g/mol. The Morgan fingerprint density at radius 1 is 1.27 bits per heavy atom. The van der Waals surface area contributed by atoms with Gasteiger partial charge >= 0.3 is 0 Å². The summed E-state index contributed by atoms with van der Waals surface area (Å²) in [5, 5.41) is 0. The van der Waals surface area contributed by atoms with Crippen LogP contribution in [0, 0.1) is 5.92 Å². The van der Waals surface area contributed by atoms with Crippen molar-refractivity contribution in [3.05, 3.63) is 47.6 Å². The molecule has 0 amide bonds. The van der Waals surface area contributed by atoms with Crippen LogP contribution in [0.1, 0.15) is 13.3 Å². The molecule has 0 fully saturated rings. The fourth-order valence-electron chi connectivity index (χ4n) is 1.66. The average molecular weight is 144 g/mol. The molecular weight excluding hydrogens is 132 g/mol. The van der Waals surface area contributed by atoms with Crippen molar-refractivity contribution in [1.82, 2.24) is 0 Å². The molecule has 0 saturated heterocycles. The molecular formula is C11H12. The second-order valence-corrected chi connectivity index (χ2v) is 3.09. The van der Waals surface area contributed by atoms with E-state index in [0.717, 1.165) is 6.42 Å². The third-order valence-electron chi connectivity index (χ3n) is 2.29. The first kappa shape index (κ1) is 6.66. The smallest absolute Gasteiger partial charge is 0.000455 e. The third-order valence-corrected chi connectivity index (χ3v) is 2.29. The summed E-state index contributed by atoms with van der Waals surface area (Å²) < 4.78 is 0. The van der Waals surface area contributed by atoms with E-state index in [1.54, 1.807) is 0 Å². The van der Waals surface area contributed by atoms with Crippen molar-refractivity contribution >= 4 is 0 Å². The summed E-state index contributed by atoms with van der Waals surface area (Å²) in [6, 6.07) is 0. The number of rotatable bonds is 0. The molecule has 0 aromatic heterocycles. The van der Waals surface area contributed by atoms with Crippen LogP contribution < -0.4 is 0 Å². The SMILES string of the molecule is CC1C=CC=CC2=CCC=C21. The molecule has 2 aliphatic rings. The van der Waals surface area contributed by atoms with E-state index in [1.165, 1.54) is 11.1 Å². The molecule has 0 spiro atoms. The Morgan fingerprint density at radius 3 is 3.09 bits per heavy atom. The summed E-state index contributed by atoms with van der Waals surface area (Å²) in [5.41, 5.74) is 2.91. The lowest BCUT2D eigenvalue weighted by molar-refractivity contribution is 0.886. The molecule has 0 N–H and O–H groups in total. The van der Waals surface area contributed by atoms with Crippen LogP contribution in [0.5, 0.6) is 0 Å². The lowest BCUT2D eigenvalue weighted by atomic mass is 9.98. The predicted octanol–water partition coefficient (Wildman–Crippen LogP) is 3.01. The molecule has 0 nitrogen and oxygen atoms in total. The number of fused-ring (bicyclic) bond motifs is 1. The van der Waals surface area contributed by atoms with Crippen LogP contribution >= 0.6 is 0 Å². The van der Waals surface area contributed by atoms with Gasteiger partial charge in [-0.1, -0.05) is 43.4 Å². The highest BCUT2D eigenvalue weighted by Gasteiger charge is 2.13. The molecule has 2 aliphatic carbocycles. The molecule has 0 aliphatic heterocycles. The standard InChI is InChI=1S/C11H12/c1-9-5-2-3-6-10-7-4-8-11(9)10/h2-3,5-9H,4H2,1H3. The second kappa shape index (κ2) is 2.54. The minimum atomic E-state index is 0.596. The van der Waals surface area contributed by atoms with Crippen molar-refractivity contribution in [3.8, 4) is 0 Å². The van der Waals surface area contributed by atoms with Crippen LogP contribution in [-0.4, -0.2) is 0 Å². The molecule has 1 unspecified atom stereocenters. The van der Waals surface area contributed by atoms with Gasteiger partial charge in [0.15, 0.2) is 0 Å². The van der Waals surface area contributed by atoms with Gasteiger partial charge in [-0.25, -0.2) is 0 Å². The third kappa shape index (κ3) is 1.09. The van der Waals surface area contributed by atoms with Crippen molar-refractivity contribution in [3.63, 3.8) is 0 Å². The fourth-order valence-corrected chi connectivity index (χ4v) is 1.66. The average Bonchev–Trinajstić information content (AvgIpc) is 2.40. The molecule has 2 rings (SSSR count). The highest BCUT2D eigenvalue weighted by molar-refractivity contribution is 5.49. The Kier molecular flexibility index (Phi) is 1.54. The first-order chi connectivity index (χ1) is 5.38. The van der Waals surface area contributed by atoms with E-state index in [1.807, 2.05) is 0 Å². The zero-order valence-electron chi connectivity index (χ0n) is 6.75. The normalized spacial score (nSPS) is 27.5. The Morgan fingerprint density at radius 2 is 2.18 bits per heavy atom. The van der Waals surface area contributed by atoms with E-state index < -0.39 is 0 Å². The van der Waals surface area contributed by atoms with Crippen molar-refractivity contribution in [2.24, 2.45) is 5.92 Å². The summed E-state index contributed by atoms with van der Waals surface area (Å²) in [6.07, 6.45) is 14.4. The van der Waals surface area contributed by atoms with Crippen molar-refractivity contribution in [2.45, 2.75) is 13.3 Å². The van der Waals surface area contributed by atoms with Crippen LogP contribution in [0.15, 0.2) is 47.6 Å². The van der Waals surface area contributed by atoms with E-state index in [4.69, 9.17) is 0 Å². The summed E-state index contributed by atoms with van der Waals surface area (Å²) >= 11 is 0. The summed E-state index contributed by atoms with van der Waals surface area (Å²) in [5.74, 6) is 0.596. The van der Waals surface area contributed by atoms with E-state index in [0.29, 0.717) is 5.92 Å². The topological polar surface area (TPSA) is 0 Å².